The van der Waals surface area contributed by atoms with Crippen LogP contribution in [0.1, 0.15) is 5.56 Å². The van der Waals surface area contributed by atoms with Gasteiger partial charge in [0, 0.05) is 16.9 Å². The summed E-state index contributed by atoms with van der Waals surface area (Å²) in [4.78, 5) is 0.217. The van der Waals surface area contributed by atoms with Gasteiger partial charge in [-0.3, -0.25) is 4.72 Å². The van der Waals surface area contributed by atoms with Crippen LogP contribution in [0.15, 0.2) is 95.9 Å². The Bertz CT molecular complexity index is 1240. The van der Waals surface area contributed by atoms with E-state index in [0.717, 1.165) is 16.8 Å². The van der Waals surface area contributed by atoms with Gasteiger partial charge in [-0.2, -0.15) is 0 Å². The van der Waals surface area contributed by atoms with Crippen LogP contribution in [0.3, 0.4) is 0 Å². The van der Waals surface area contributed by atoms with Crippen molar-refractivity contribution in [2.45, 2.75) is 11.8 Å². The highest BCUT2D eigenvalue weighted by atomic mass is 32.2. The van der Waals surface area contributed by atoms with E-state index in [1.54, 1.807) is 42.5 Å². The molecular weight excluding hydrogens is 396 g/mol. The zero-order valence-corrected chi connectivity index (χ0v) is 17.1. The average Bonchev–Trinajstić information content (AvgIpc) is 2.75. The summed E-state index contributed by atoms with van der Waals surface area (Å²) in [5.41, 5.74) is 3.79. The topological polar surface area (TPSA) is 84.0 Å². The van der Waals surface area contributed by atoms with Crippen molar-refractivity contribution in [2.75, 3.05) is 10.0 Å². The Morgan fingerprint density at radius 1 is 0.733 bits per heavy atom. The molecular formula is C23H20N4O2S. The number of benzene rings is 3. The van der Waals surface area contributed by atoms with Crippen molar-refractivity contribution < 1.29 is 8.42 Å². The molecule has 7 heteroatoms. The Balaban J connectivity index is 1.52. The van der Waals surface area contributed by atoms with Crippen LogP contribution < -0.4 is 10.0 Å². The molecule has 150 valence electrons. The van der Waals surface area contributed by atoms with Gasteiger partial charge in [0.25, 0.3) is 10.0 Å². The van der Waals surface area contributed by atoms with E-state index in [1.165, 1.54) is 0 Å². The third-order valence-electron chi connectivity index (χ3n) is 4.45. The molecule has 1 aromatic heterocycles. The molecule has 0 aliphatic rings. The summed E-state index contributed by atoms with van der Waals surface area (Å²) < 4.78 is 27.9. The summed E-state index contributed by atoms with van der Waals surface area (Å²) >= 11 is 0. The van der Waals surface area contributed by atoms with Gasteiger partial charge >= 0.3 is 0 Å². The van der Waals surface area contributed by atoms with E-state index < -0.39 is 10.0 Å². The molecule has 0 spiro atoms. The first kappa shape index (κ1) is 19.6. The molecule has 30 heavy (non-hydrogen) atoms. The normalized spacial score (nSPS) is 11.1. The fraction of sp³-hybridized carbons (Fsp3) is 0.0435. The first-order chi connectivity index (χ1) is 14.5. The Labute approximate surface area is 175 Å². The predicted molar refractivity (Wildman–Crippen MR) is 119 cm³/mol. The Morgan fingerprint density at radius 3 is 2.17 bits per heavy atom. The number of nitrogens with zero attached hydrogens (tertiary/aromatic N) is 2. The van der Waals surface area contributed by atoms with Gasteiger partial charge in [-0.25, -0.2) is 8.42 Å². The van der Waals surface area contributed by atoms with Crippen molar-refractivity contribution in [1.82, 2.24) is 10.2 Å². The van der Waals surface area contributed by atoms with E-state index in [1.807, 2.05) is 55.5 Å². The summed E-state index contributed by atoms with van der Waals surface area (Å²) in [6, 6.07) is 27.2. The van der Waals surface area contributed by atoms with Gasteiger partial charge in [-0.05, 0) is 55.5 Å². The second-order valence-electron chi connectivity index (χ2n) is 6.79. The second kappa shape index (κ2) is 8.34. The van der Waals surface area contributed by atoms with Crippen molar-refractivity contribution in [2.24, 2.45) is 0 Å². The lowest BCUT2D eigenvalue weighted by Gasteiger charge is -2.10. The molecule has 0 saturated carbocycles. The molecule has 0 aliphatic carbocycles. The maximum atomic E-state index is 12.6. The molecule has 0 saturated heterocycles. The van der Waals surface area contributed by atoms with Crippen molar-refractivity contribution in [3.8, 4) is 11.3 Å². The standard InChI is InChI=1S/C23H20N4O2S/c1-17-10-12-21(13-11-17)30(28,29)27-20-9-5-6-18(16-20)22-14-15-23(26-25-22)24-19-7-3-2-4-8-19/h2-16,27H,1H3,(H,24,26). The Morgan fingerprint density at radius 2 is 1.47 bits per heavy atom. The molecule has 0 amide bonds. The third-order valence-corrected chi connectivity index (χ3v) is 5.85. The van der Waals surface area contributed by atoms with Crippen LogP contribution >= 0.6 is 0 Å². The molecule has 0 bridgehead atoms. The molecule has 4 aromatic rings. The minimum absolute atomic E-state index is 0.217. The number of para-hydroxylation sites is 1. The van der Waals surface area contributed by atoms with Crippen molar-refractivity contribution >= 4 is 27.2 Å². The zero-order valence-electron chi connectivity index (χ0n) is 16.3. The predicted octanol–water partition coefficient (Wildman–Crippen LogP) is 5.00. The molecule has 0 atom stereocenters. The maximum absolute atomic E-state index is 12.6. The van der Waals surface area contributed by atoms with Crippen LogP contribution in [0, 0.1) is 6.92 Å². The Kier molecular flexibility index (Phi) is 5.45. The van der Waals surface area contributed by atoms with Crippen LogP contribution in [0.5, 0.6) is 0 Å². The molecule has 1 heterocycles. The van der Waals surface area contributed by atoms with Crippen LogP contribution in [-0.2, 0) is 10.0 Å². The highest BCUT2D eigenvalue weighted by molar-refractivity contribution is 7.92. The summed E-state index contributed by atoms with van der Waals surface area (Å²) in [7, 11) is -3.67. The van der Waals surface area contributed by atoms with Gasteiger partial charge in [-0.15, -0.1) is 10.2 Å². The highest BCUT2D eigenvalue weighted by Gasteiger charge is 2.14. The average molecular weight is 417 g/mol. The van der Waals surface area contributed by atoms with Crippen LogP contribution in [0.4, 0.5) is 17.2 Å². The third kappa shape index (κ3) is 4.64. The van der Waals surface area contributed by atoms with Crippen LogP contribution in [-0.4, -0.2) is 18.6 Å². The van der Waals surface area contributed by atoms with Crippen molar-refractivity contribution in [1.29, 1.82) is 0 Å². The van der Waals surface area contributed by atoms with E-state index in [2.05, 4.69) is 20.2 Å². The monoisotopic (exact) mass is 416 g/mol. The van der Waals surface area contributed by atoms with Gasteiger partial charge in [0.2, 0.25) is 0 Å². The largest absolute Gasteiger partial charge is 0.339 e. The van der Waals surface area contributed by atoms with Gasteiger partial charge in [-0.1, -0.05) is 48.0 Å². The smallest absolute Gasteiger partial charge is 0.261 e. The first-order valence-corrected chi connectivity index (χ1v) is 10.8. The lowest BCUT2D eigenvalue weighted by molar-refractivity contribution is 0.601. The van der Waals surface area contributed by atoms with Gasteiger partial charge in [0.1, 0.15) is 0 Å². The number of aromatic nitrogens is 2. The van der Waals surface area contributed by atoms with E-state index >= 15 is 0 Å². The number of nitrogens with one attached hydrogen (secondary N) is 2. The van der Waals surface area contributed by atoms with Gasteiger partial charge in [0.15, 0.2) is 5.82 Å². The van der Waals surface area contributed by atoms with Crippen molar-refractivity contribution in [3.63, 3.8) is 0 Å². The first-order valence-electron chi connectivity index (χ1n) is 9.35. The number of aryl methyl sites for hydroxylation is 1. The lowest BCUT2D eigenvalue weighted by atomic mass is 10.1. The molecule has 0 unspecified atom stereocenters. The minimum atomic E-state index is -3.67. The molecule has 0 fully saturated rings. The molecule has 2 N–H and O–H groups in total. The molecule has 0 radical (unpaired) electrons. The van der Waals surface area contributed by atoms with Crippen LogP contribution in [0.25, 0.3) is 11.3 Å². The van der Waals surface area contributed by atoms with E-state index in [9.17, 15) is 8.42 Å². The second-order valence-corrected chi connectivity index (χ2v) is 8.48. The number of anilines is 3. The highest BCUT2D eigenvalue weighted by Crippen LogP contribution is 2.24. The number of hydrogen-bond acceptors (Lipinski definition) is 5. The fourth-order valence-corrected chi connectivity index (χ4v) is 3.95. The number of sulfonamides is 1. The summed E-state index contributed by atoms with van der Waals surface area (Å²) in [5, 5.41) is 11.7. The lowest BCUT2D eigenvalue weighted by Crippen LogP contribution is -2.12. The molecule has 6 nitrogen and oxygen atoms in total. The number of hydrogen-bond donors (Lipinski definition) is 2. The Hall–Kier alpha value is -3.71. The van der Waals surface area contributed by atoms with Crippen molar-refractivity contribution in [3.05, 3.63) is 96.6 Å². The van der Waals surface area contributed by atoms with E-state index in [4.69, 9.17) is 0 Å². The fourth-order valence-electron chi connectivity index (χ4n) is 2.90. The van der Waals surface area contributed by atoms with Gasteiger partial charge in [0.05, 0.1) is 10.6 Å². The molecule has 4 rings (SSSR count). The van der Waals surface area contributed by atoms with E-state index in [0.29, 0.717) is 17.2 Å². The summed E-state index contributed by atoms with van der Waals surface area (Å²) in [5.74, 6) is 0.626. The molecule has 0 aliphatic heterocycles. The zero-order chi connectivity index (χ0) is 21.0. The summed E-state index contributed by atoms with van der Waals surface area (Å²) in [6.07, 6.45) is 0. The summed E-state index contributed by atoms with van der Waals surface area (Å²) in [6.45, 7) is 1.91. The minimum Gasteiger partial charge on any atom is -0.339 e. The van der Waals surface area contributed by atoms with Crippen LogP contribution in [0.2, 0.25) is 0 Å². The maximum Gasteiger partial charge on any atom is 0.261 e. The molecule has 3 aromatic carbocycles. The quantitative estimate of drug-likeness (QED) is 0.462. The van der Waals surface area contributed by atoms with Gasteiger partial charge < -0.3 is 5.32 Å². The van der Waals surface area contributed by atoms with E-state index in [-0.39, 0.29) is 4.90 Å². The number of rotatable bonds is 6. The SMILES string of the molecule is Cc1ccc(S(=O)(=O)Nc2cccc(-c3ccc(Nc4ccccc4)nn3)c2)cc1.